The predicted molar refractivity (Wildman–Crippen MR) is 37.6 cm³/mol. The zero-order valence-corrected chi connectivity index (χ0v) is 6.13. The van der Waals surface area contributed by atoms with Crippen LogP contribution >= 0.6 is 0 Å². The molecule has 0 unspecified atom stereocenters. The van der Waals surface area contributed by atoms with E-state index in [0.717, 1.165) is 0 Å². The summed E-state index contributed by atoms with van der Waals surface area (Å²) in [7, 11) is 2.79. The first-order valence-corrected chi connectivity index (χ1v) is 2.93. The maximum Gasteiger partial charge on any atom is 0.278 e. The molecule has 0 aliphatic heterocycles. The Hall–Kier alpha value is -1.36. The third kappa shape index (κ3) is 0.988. The lowest BCUT2D eigenvalue weighted by Crippen LogP contribution is -2.35. The van der Waals surface area contributed by atoms with E-state index in [0.29, 0.717) is 0 Å². The molecule has 1 N–H and O–H groups in total. The largest absolute Gasteiger partial charge is 0.489 e. The minimum absolute atomic E-state index is 0.0237. The predicted octanol–water partition coefficient (Wildman–Crippen LogP) is -1.20. The summed E-state index contributed by atoms with van der Waals surface area (Å²) in [5, 5.41) is 0. The van der Waals surface area contributed by atoms with Crippen LogP contribution in [0.5, 0.6) is 11.5 Å². The van der Waals surface area contributed by atoms with Gasteiger partial charge in [-0.2, -0.15) is 5.48 Å². The summed E-state index contributed by atoms with van der Waals surface area (Å²) in [6.07, 6.45) is 0. The molecule has 0 fully saturated rings. The number of hydrogen-bond acceptors (Lipinski definition) is 5. The Balaban J connectivity index is 2.98. The van der Waals surface area contributed by atoms with Crippen LogP contribution in [0.25, 0.3) is 0 Å². The smallest absolute Gasteiger partial charge is 0.278 e. The molecule has 0 radical (unpaired) electrons. The lowest BCUT2D eigenvalue weighted by molar-refractivity contribution is 0.204. The minimum atomic E-state index is -0.656. The second-order valence-corrected chi connectivity index (χ2v) is 1.83. The molecule has 0 saturated heterocycles. The maximum atomic E-state index is 10.7. The summed E-state index contributed by atoms with van der Waals surface area (Å²) in [5.41, 5.74) is 0.977. The molecule has 0 aliphatic rings. The molecule has 60 valence electrons. The van der Waals surface area contributed by atoms with Crippen molar-refractivity contribution in [2.75, 3.05) is 14.2 Å². The highest BCUT2D eigenvalue weighted by molar-refractivity contribution is 5.45. The van der Waals surface area contributed by atoms with Crippen molar-refractivity contribution in [3.8, 4) is 11.5 Å². The summed E-state index contributed by atoms with van der Waals surface area (Å²) in [5.74, 6) is -0.0793. The summed E-state index contributed by atoms with van der Waals surface area (Å²) in [4.78, 5) is 25.9. The summed E-state index contributed by atoms with van der Waals surface area (Å²) in [6, 6.07) is 0. The van der Waals surface area contributed by atoms with Crippen LogP contribution in [0, 0.1) is 0 Å². The average Bonchev–Trinajstić information content (AvgIpc) is 2.04. The monoisotopic (exact) mass is 157 g/mol. The maximum absolute atomic E-state index is 10.7. The molecule has 0 atom stereocenters. The van der Waals surface area contributed by atoms with Crippen molar-refractivity contribution in [2.45, 2.75) is 0 Å². The third-order valence-corrected chi connectivity index (χ3v) is 1.23. The molecule has 0 heterocycles. The lowest BCUT2D eigenvalue weighted by atomic mass is 10.2. The number of nitrogens with one attached hydrogen (secondary N) is 1. The normalized spacial score (nSPS) is 10.0. The number of methoxy groups -OCH3 is 1. The van der Waals surface area contributed by atoms with Crippen molar-refractivity contribution in [1.82, 2.24) is 5.48 Å². The van der Waals surface area contributed by atoms with Crippen LogP contribution in [0.3, 0.4) is 0 Å². The summed E-state index contributed by atoms with van der Waals surface area (Å²) in [6.45, 7) is 0. The quantitative estimate of drug-likeness (QED) is 0.441. The van der Waals surface area contributed by atoms with Gasteiger partial charge in [0.05, 0.1) is 7.11 Å². The Labute approximate surface area is 62.2 Å². The molecule has 5 nitrogen and oxygen atoms in total. The van der Waals surface area contributed by atoms with Crippen molar-refractivity contribution in [3.63, 3.8) is 0 Å². The van der Waals surface area contributed by atoms with Gasteiger partial charge in [-0.1, -0.05) is 0 Å². The van der Waals surface area contributed by atoms with Crippen LogP contribution in [0.15, 0.2) is 9.59 Å². The third-order valence-electron chi connectivity index (χ3n) is 1.23. The molecule has 1 rings (SSSR count). The van der Waals surface area contributed by atoms with Gasteiger partial charge in [0.2, 0.25) is 11.5 Å². The van der Waals surface area contributed by atoms with Gasteiger partial charge < -0.3 is 9.57 Å². The van der Waals surface area contributed by atoms with E-state index in [1.807, 2.05) is 0 Å². The molecule has 0 saturated carbocycles. The lowest BCUT2D eigenvalue weighted by Gasteiger charge is -2.07. The van der Waals surface area contributed by atoms with E-state index in [2.05, 4.69) is 15.1 Å². The van der Waals surface area contributed by atoms with Crippen molar-refractivity contribution < 1.29 is 9.57 Å². The van der Waals surface area contributed by atoms with Gasteiger partial charge in [-0.25, -0.2) is 0 Å². The van der Waals surface area contributed by atoms with Gasteiger partial charge in [0.1, 0.15) is 0 Å². The highest BCUT2D eigenvalue weighted by Gasteiger charge is 2.23. The Morgan fingerprint density at radius 1 is 1.18 bits per heavy atom. The highest BCUT2D eigenvalue weighted by Crippen LogP contribution is 2.17. The molecule has 0 spiro atoms. The van der Waals surface area contributed by atoms with E-state index in [-0.39, 0.29) is 11.5 Å². The van der Waals surface area contributed by atoms with Crippen molar-refractivity contribution in [3.05, 3.63) is 20.4 Å². The van der Waals surface area contributed by atoms with E-state index in [9.17, 15) is 9.59 Å². The zero-order valence-electron chi connectivity index (χ0n) is 6.13. The number of rotatable bonds is 3. The first-order valence-electron chi connectivity index (χ1n) is 2.93. The van der Waals surface area contributed by atoms with Crippen molar-refractivity contribution in [2.24, 2.45) is 0 Å². The molecule has 0 aliphatic carbocycles. The second-order valence-electron chi connectivity index (χ2n) is 1.83. The molecule has 1 aromatic carbocycles. The number of hydrogen-bond donors (Lipinski definition) is 1. The fraction of sp³-hybridized carbons (Fsp3) is 0.333. The van der Waals surface area contributed by atoms with Crippen LogP contribution in [0.1, 0.15) is 0 Å². The van der Waals surface area contributed by atoms with Gasteiger partial charge in [0.15, 0.2) is 0 Å². The fourth-order valence-corrected chi connectivity index (χ4v) is 0.730. The van der Waals surface area contributed by atoms with Gasteiger partial charge in [-0.3, -0.25) is 9.59 Å². The van der Waals surface area contributed by atoms with Gasteiger partial charge in [0.25, 0.3) is 10.9 Å². The first kappa shape index (κ1) is 7.74. The summed E-state index contributed by atoms with van der Waals surface area (Å²) >= 11 is 0. The first-order chi connectivity index (χ1) is 5.22. The van der Waals surface area contributed by atoms with Gasteiger partial charge in [-0.15, -0.1) is 0 Å². The van der Waals surface area contributed by atoms with Crippen molar-refractivity contribution >= 4 is 0 Å². The van der Waals surface area contributed by atoms with Gasteiger partial charge >= 0.3 is 0 Å². The number of ether oxygens (including phenoxy) is 1. The summed E-state index contributed by atoms with van der Waals surface area (Å²) < 4.78 is 4.58. The molecule has 5 heteroatoms. The van der Waals surface area contributed by atoms with E-state index in [1.165, 1.54) is 14.2 Å². The fourth-order valence-electron chi connectivity index (χ4n) is 0.730. The Morgan fingerprint density at radius 2 is 1.73 bits per heavy atom. The van der Waals surface area contributed by atoms with E-state index in [1.54, 1.807) is 0 Å². The van der Waals surface area contributed by atoms with Gasteiger partial charge in [-0.05, 0) is 0 Å². The van der Waals surface area contributed by atoms with E-state index in [4.69, 9.17) is 0 Å². The highest BCUT2D eigenvalue weighted by atomic mass is 16.7. The molecular formula is C6H7NO4. The van der Waals surface area contributed by atoms with Crippen LogP contribution in [-0.2, 0) is 0 Å². The standard InChI is InChI=1S/C6H7NO4/c1-7-11-6-4(9)3(8)5(6)10-2/h7H,1-2H3. The minimum Gasteiger partial charge on any atom is -0.489 e. The molecule has 0 aromatic heterocycles. The van der Waals surface area contributed by atoms with Crippen molar-refractivity contribution in [1.29, 1.82) is 0 Å². The molecule has 0 amide bonds. The number of hydroxylamine groups is 1. The van der Waals surface area contributed by atoms with E-state index < -0.39 is 10.9 Å². The van der Waals surface area contributed by atoms with Crippen LogP contribution in [-0.4, -0.2) is 14.2 Å². The molecule has 0 bridgehead atoms. The van der Waals surface area contributed by atoms with Crippen LogP contribution < -0.4 is 25.9 Å². The Morgan fingerprint density at radius 3 is 2.18 bits per heavy atom. The van der Waals surface area contributed by atoms with Crippen LogP contribution in [0.4, 0.5) is 0 Å². The molecular weight excluding hydrogens is 150 g/mol. The zero-order chi connectivity index (χ0) is 8.43. The molecule has 11 heavy (non-hydrogen) atoms. The molecule has 1 aromatic rings. The van der Waals surface area contributed by atoms with E-state index >= 15 is 0 Å². The van der Waals surface area contributed by atoms with Gasteiger partial charge in [0, 0.05) is 7.05 Å². The van der Waals surface area contributed by atoms with Crippen LogP contribution in [0.2, 0.25) is 0 Å². The SMILES string of the molecule is CNOc1c(OC)c(=O)c1=O. The Bertz CT molecular complexity index is 323. The topological polar surface area (TPSA) is 64.6 Å². The Kier molecular flexibility index (Phi) is 1.91. The second kappa shape index (κ2) is 2.71. The average molecular weight is 157 g/mol.